The van der Waals surface area contributed by atoms with Gasteiger partial charge in [0.1, 0.15) is 0 Å². The van der Waals surface area contributed by atoms with E-state index in [-0.39, 0.29) is 0 Å². The van der Waals surface area contributed by atoms with Gasteiger partial charge in [-0.1, -0.05) is 35.5 Å². The summed E-state index contributed by atoms with van der Waals surface area (Å²) in [6, 6.07) is 10.4. The zero-order valence-corrected chi connectivity index (χ0v) is 12.4. The van der Waals surface area contributed by atoms with Crippen LogP contribution in [0.25, 0.3) is 0 Å². The predicted molar refractivity (Wildman–Crippen MR) is 80.6 cm³/mol. The van der Waals surface area contributed by atoms with Crippen molar-refractivity contribution < 1.29 is 5.11 Å². The van der Waals surface area contributed by atoms with Crippen LogP contribution in [0.15, 0.2) is 36.5 Å². The maximum absolute atomic E-state index is 10.9. The smallest absolute Gasteiger partial charge is 0.0856 e. The van der Waals surface area contributed by atoms with Gasteiger partial charge in [-0.05, 0) is 24.9 Å². The fourth-order valence-corrected chi connectivity index (χ4v) is 3.14. The first-order valence-electron chi connectivity index (χ1n) is 7.47. The number of aliphatic hydroxyl groups is 1. The van der Waals surface area contributed by atoms with Crippen molar-refractivity contribution in [2.24, 2.45) is 7.05 Å². The van der Waals surface area contributed by atoms with Crippen molar-refractivity contribution >= 4 is 0 Å². The number of nitrogens with zero attached hydrogens (tertiary/aromatic N) is 4. The summed E-state index contributed by atoms with van der Waals surface area (Å²) in [5.41, 5.74) is 1.46. The van der Waals surface area contributed by atoms with Crippen molar-refractivity contribution in [3.63, 3.8) is 0 Å². The fraction of sp³-hybridized carbons (Fsp3) is 0.500. The molecule has 0 aliphatic carbocycles. The Hall–Kier alpha value is -1.72. The van der Waals surface area contributed by atoms with Gasteiger partial charge in [-0.25, -0.2) is 0 Å². The first kappa shape index (κ1) is 14.2. The molecule has 3 rings (SSSR count). The van der Waals surface area contributed by atoms with Crippen molar-refractivity contribution in [1.82, 2.24) is 19.9 Å². The monoisotopic (exact) mass is 286 g/mol. The predicted octanol–water partition coefficient (Wildman–Crippen LogP) is 1.38. The van der Waals surface area contributed by atoms with E-state index in [1.807, 2.05) is 19.3 Å². The number of benzene rings is 1. The summed E-state index contributed by atoms with van der Waals surface area (Å²) < 4.78 is 1.68. The van der Waals surface area contributed by atoms with E-state index in [2.05, 4.69) is 39.5 Å². The summed E-state index contributed by atoms with van der Waals surface area (Å²) in [5.74, 6) is 0. The number of aryl methyl sites for hydroxylation is 1. The van der Waals surface area contributed by atoms with E-state index >= 15 is 0 Å². The molecule has 1 aliphatic heterocycles. The van der Waals surface area contributed by atoms with Crippen LogP contribution in [0.4, 0.5) is 0 Å². The molecule has 1 saturated heterocycles. The number of hydrogen-bond donors (Lipinski definition) is 1. The van der Waals surface area contributed by atoms with E-state index in [9.17, 15) is 5.11 Å². The van der Waals surface area contributed by atoms with Gasteiger partial charge < -0.3 is 5.11 Å². The molecule has 1 unspecified atom stereocenters. The number of piperidine rings is 1. The first-order chi connectivity index (χ1) is 10.1. The highest BCUT2D eigenvalue weighted by molar-refractivity contribution is 5.15. The summed E-state index contributed by atoms with van der Waals surface area (Å²) in [6.45, 7) is 2.62. The topological polar surface area (TPSA) is 54.2 Å². The van der Waals surface area contributed by atoms with Gasteiger partial charge >= 0.3 is 0 Å². The SMILES string of the molecule is Cn1cc(CC2(O)CCCN(Cc3ccccc3)C2)nn1. The minimum absolute atomic E-state index is 0.576. The summed E-state index contributed by atoms with van der Waals surface area (Å²) in [4.78, 5) is 2.33. The standard InChI is InChI=1S/C16H22N4O/c1-19-12-15(17-18-19)10-16(21)8-5-9-20(13-16)11-14-6-3-2-4-7-14/h2-4,6-7,12,21H,5,8-11,13H2,1H3. The van der Waals surface area contributed by atoms with E-state index in [1.165, 1.54) is 5.56 Å². The molecule has 1 N–H and O–H groups in total. The Morgan fingerprint density at radius 1 is 1.29 bits per heavy atom. The van der Waals surface area contributed by atoms with Crippen LogP contribution in [-0.4, -0.2) is 43.7 Å². The van der Waals surface area contributed by atoms with Crippen molar-refractivity contribution in [2.45, 2.75) is 31.4 Å². The Kier molecular flexibility index (Phi) is 4.03. The molecule has 5 nitrogen and oxygen atoms in total. The van der Waals surface area contributed by atoms with Crippen molar-refractivity contribution in [3.05, 3.63) is 47.8 Å². The van der Waals surface area contributed by atoms with Crippen LogP contribution in [0.1, 0.15) is 24.1 Å². The maximum atomic E-state index is 10.9. The highest BCUT2D eigenvalue weighted by Gasteiger charge is 2.34. The second-order valence-corrected chi connectivity index (χ2v) is 6.08. The zero-order valence-electron chi connectivity index (χ0n) is 12.4. The molecule has 1 fully saturated rings. The summed E-state index contributed by atoms with van der Waals surface area (Å²) in [7, 11) is 1.85. The average molecular weight is 286 g/mol. The van der Waals surface area contributed by atoms with E-state index < -0.39 is 5.60 Å². The van der Waals surface area contributed by atoms with Crippen molar-refractivity contribution in [3.8, 4) is 0 Å². The van der Waals surface area contributed by atoms with Gasteiger partial charge in [0.05, 0.1) is 11.3 Å². The molecule has 1 atom stereocenters. The lowest BCUT2D eigenvalue weighted by atomic mass is 9.88. The molecule has 5 heteroatoms. The normalized spacial score (nSPS) is 23.3. The van der Waals surface area contributed by atoms with E-state index in [0.29, 0.717) is 13.0 Å². The van der Waals surface area contributed by atoms with Crippen LogP contribution >= 0.6 is 0 Å². The van der Waals surface area contributed by atoms with Crippen LogP contribution in [0.5, 0.6) is 0 Å². The molecular formula is C16H22N4O. The lowest BCUT2D eigenvalue weighted by Gasteiger charge is -2.39. The number of β-amino-alcohol motifs (C(OH)–C–C–N with tert-alkyl or cyclic N) is 1. The number of aromatic nitrogens is 3. The summed E-state index contributed by atoms with van der Waals surface area (Å²) in [5, 5.41) is 18.9. The molecule has 0 amide bonds. The van der Waals surface area contributed by atoms with Gasteiger partial charge in [0.15, 0.2) is 0 Å². The Labute approximate surface area is 125 Å². The molecule has 2 heterocycles. The molecule has 21 heavy (non-hydrogen) atoms. The van der Waals surface area contributed by atoms with Crippen LogP contribution in [-0.2, 0) is 20.0 Å². The van der Waals surface area contributed by atoms with E-state index in [4.69, 9.17) is 0 Å². The van der Waals surface area contributed by atoms with E-state index in [0.717, 1.165) is 31.6 Å². The molecule has 1 aliphatic rings. The maximum Gasteiger partial charge on any atom is 0.0856 e. The lowest BCUT2D eigenvalue weighted by molar-refractivity contribution is -0.0333. The van der Waals surface area contributed by atoms with Gasteiger partial charge in [-0.15, -0.1) is 5.10 Å². The van der Waals surface area contributed by atoms with Gasteiger partial charge in [0.2, 0.25) is 0 Å². The molecule has 2 aromatic rings. The summed E-state index contributed by atoms with van der Waals surface area (Å²) in [6.07, 6.45) is 4.30. The van der Waals surface area contributed by atoms with Crippen LogP contribution in [0.2, 0.25) is 0 Å². The van der Waals surface area contributed by atoms with Crippen LogP contribution < -0.4 is 0 Å². The lowest BCUT2D eigenvalue weighted by Crippen LogP contribution is -2.49. The minimum Gasteiger partial charge on any atom is -0.388 e. The van der Waals surface area contributed by atoms with Gasteiger partial charge in [-0.2, -0.15) is 0 Å². The zero-order chi connectivity index (χ0) is 14.7. The van der Waals surface area contributed by atoms with Crippen molar-refractivity contribution in [2.75, 3.05) is 13.1 Å². The van der Waals surface area contributed by atoms with Gasteiger partial charge in [0, 0.05) is 32.8 Å². The highest BCUT2D eigenvalue weighted by Crippen LogP contribution is 2.25. The number of likely N-dealkylation sites (tertiary alicyclic amines) is 1. The number of rotatable bonds is 4. The Bertz CT molecular complexity index is 583. The average Bonchev–Trinajstić information content (AvgIpc) is 2.84. The highest BCUT2D eigenvalue weighted by atomic mass is 16.3. The van der Waals surface area contributed by atoms with Crippen molar-refractivity contribution in [1.29, 1.82) is 0 Å². The number of hydrogen-bond acceptors (Lipinski definition) is 4. The second kappa shape index (κ2) is 5.95. The summed E-state index contributed by atoms with van der Waals surface area (Å²) >= 11 is 0. The third-order valence-corrected chi connectivity index (χ3v) is 4.04. The molecule has 0 saturated carbocycles. The molecule has 0 spiro atoms. The van der Waals surface area contributed by atoms with Crippen LogP contribution in [0, 0.1) is 0 Å². The third-order valence-electron chi connectivity index (χ3n) is 4.04. The van der Waals surface area contributed by atoms with Gasteiger partial charge in [0.25, 0.3) is 0 Å². The molecule has 1 aromatic heterocycles. The molecule has 0 bridgehead atoms. The first-order valence-corrected chi connectivity index (χ1v) is 7.47. The van der Waals surface area contributed by atoms with Crippen LogP contribution in [0.3, 0.4) is 0 Å². The third kappa shape index (κ3) is 3.68. The molecule has 112 valence electrons. The van der Waals surface area contributed by atoms with Gasteiger partial charge in [-0.3, -0.25) is 9.58 Å². The molecule has 1 aromatic carbocycles. The van der Waals surface area contributed by atoms with E-state index in [1.54, 1.807) is 4.68 Å². The Morgan fingerprint density at radius 2 is 2.10 bits per heavy atom. The Balaban J connectivity index is 1.64. The molecule has 0 radical (unpaired) electrons. The Morgan fingerprint density at radius 3 is 2.81 bits per heavy atom. The molecular weight excluding hydrogens is 264 g/mol. The second-order valence-electron chi connectivity index (χ2n) is 6.08. The fourth-order valence-electron chi connectivity index (χ4n) is 3.14. The minimum atomic E-state index is -0.691. The quantitative estimate of drug-likeness (QED) is 0.922. The largest absolute Gasteiger partial charge is 0.388 e.